The van der Waals surface area contributed by atoms with Gasteiger partial charge in [-0.05, 0) is 78.8 Å². The first kappa shape index (κ1) is 17.4. The summed E-state index contributed by atoms with van der Waals surface area (Å²) in [6.07, 6.45) is 7.33. The molecule has 4 heteroatoms. The average Bonchev–Trinajstić information content (AvgIpc) is 2.93. The molecule has 0 aromatic rings. The molecule has 0 aliphatic heterocycles. The van der Waals surface area contributed by atoms with Gasteiger partial charge in [0.2, 0.25) is 0 Å². The summed E-state index contributed by atoms with van der Waals surface area (Å²) in [6.45, 7) is 4.14. The second-order valence-corrected chi connectivity index (χ2v) is 9.41. The van der Waals surface area contributed by atoms with Crippen LogP contribution in [0.4, 0.5) is 0 Å². The molecule has 0 spiro atoms. The van der Waals surface area contributed by atoms with Gasteiger partial charge < -0.3 is 10.2 Å². The third-order valence-electron chi connectivity index (χ3n) is 8.52. The maximum absolute atomic E-state index is 12.3. The Balaban J connectivity index is 1.68. The van der Waals surface area contributed by atoms with Crippen molar-refractivity contribution in [2.75, 3.05) is 6.61 Å². The zero-order chi connectivity index (χ0) is 18.0. The van der Waals surface area contributed by atoms with Crippen molar-refractivity contribution in [2.45, 2.75) is 64.9 Å². The van der Waals surface area contributed by atoms with Gasteiger partial charge in [0.05, 0.1) is 6.10 Å². The van der Waals surface area contributed by atoms with Crippen LogP contribution in [0.25, 0.3) is 0 Å². The summed E-state index contributed by atoms with van der Waals surface area (Å²) in [5.74, 6) is 1.47. The summed E-state index contributed by atoms with van der Waals surface area (Å²) in [6, 6.07) is 0. The van der Waals surface area contributed by atoms with Gasteiger partial charge in [-0.3, -0.25) is 9.59 Å². The number of carbonyl (C=O) groups excluding carboxylic acids is 2. The van der Waals surface area contributed by atoms with Crippen molar-refractivity contribution < 1.29 is 19.8 Å². The summed E-state index contributed by atoms with van der Waals surface area (Å²) in [5.41, 5.74) is 0.856. The van der Waals surface area contributed by atoms with E-state index in [2.05, 4.69) is 13.8 Å². The largest absolute Gasteiger partial charge is 0.389 e. The van der Waals surface area contributed by atoms with Gasteiger partial charge in [0.15, 0.2) is 11.6 Å². The van der Waals surface area contributed by atoms with E-state index in [1.165, 1.54) is 0 Å². The van der Waals surface area contributed by atoms with Crippen LogP contribution in [0, 0.1) is 34.5 Å². The number of rotatable bonds is 2. The zero-order valence-electron chi connectivity index (χ0n) is 15.3. The summed E-state index contributed by atoms with van der Waals surface area (Å²) in [4.78, 5) is 24.2. The van der Waals surface area contributed by atoms with Crippen molar-refractivity contribution in [1.82, 2.24) is 0 Å². The minimum absolute atomic E-state index is 0.00475. The zero-order valence-corrected chi connectivity index (χ0v) is 15.3. The van der Waals surface area contributed by atoms with Gasteiger partial charge in [-0.25, -0.2) is 0 Å². The maximum atomic E-state index is 12.3. The third kappa shape index (κ3) is 2.33. The second-order valence-electron chi connectivity index (χ2n) is 9.41. The molecule has 25 heavy (non-hydrogen) atoms. The number of ketones is 2. The van der Waals surface area contributed by atoms with Crippen molar-refractivity contribution >= 4 is 11.6 Å². The first-order valence-electron chi connectivity index (χ1n) is 9.88. The normalized spacial score (nSPS) is 49.0. The van der Waals surface area contributed by atoms with Gasteiger partial charge in [0.1, 0.15) is 6.61 Å². The lowest BCUT2D eigenvalue weighted by Crippen LogP contribution is -2.54. The van der Waals surface area contributed by atoms with Crippen LogP contribution in [-0.2, 0) is 9.59 Å². The van der Waals surface area contributed by atoms with Crippen molar-refractivity contribution in [1.29, 1.82) is 0 Å². The molecule has 138 valence electrons. The Kier molecular flexibility index (Phi) is 4.01. The standard InChI is InChI=1S/C21H30O4/c1-20-8-6-15-13(14(20)3-4-16(20)19(25)11-22)10-18(24)17-9-12(23)5-7-21(15,17)2/h9,13-16,18,22,24H,3-8,10-11H2,1-2H3/t13-,14-,15-,16+,18+,20+,21-/m1/s1. The van der Waals surface area contributed by atoms with Gasteiger partial charge in [-0.15, -0.1) is 0 Å². The molecule has 7 atom stereocenters. The lowest BCUT2D eigenvalue weighted by Gasteiger charge is -2.59. The van der Waals surface area contributed by atoms with Crippen LogP contribution in [0.5, 0.6) is 0 Å². The monoisotopic (exact) mass is 346 g/mol. The van der Waals surface area contributed by atoms with E-state index < -0.39 is 6.10 Å². The summed E-state index contributed by atoms with van der Waals surface area (Å²) in [7, 11) is 0. The topological polar surface area (TPSA) is 74.6 Å². The molecule has 0 aromatic carbocycles. The molecule has 4 rings (SSSR count). The van der Waals surface area contributed by atoms with Gasteiger partial charge >= 0.3 is 0 Å². The molecular weight excluding hydrogens is 316 g/mol. The number of Topliss-reactive ketones (excluding diaryl/α,β-unsaturated/α-hetero) is 1. The van der Waals surface area contributed by atoms with Crippen LogP contribution in [0.2, 0.25) is 0 Å². The predicted octanol–water partition coefficient (Wildman–Crippen LogP) is 2.67. The van der Waals surface area contributed by atoms with Gasteiger partial charge in [0.25, 0.3) is 0 Å². The molecule has 2 N–H and O–H groups in total. The first-order chi connectivity index (χ1) is 11.8. The van der Waals surface area contributed by atoms with E-state index in [1.54, 1.807) is 6.08 Å². The molecule has 0 amide bonds. The number of aliphatic hydroxyl groups is 2. The maximum Gasteiger partial charge on any atom is 0.161 e. The van der Waals surface area contributed by atoms with Crippen molar-refractivity contribution in [3.05, 3.63) is 11.6 Å². The van der Waals surface area contributed by atoms with Crippen molar-refractivity contribution in [3.8, 4) is 0 Å². The van der Waals surface area contributed by atoms with E-state index >= 15 is 0 Å². The van der Waals surface area contributed by atoms with Gasteiger partial charge in [-0.2, -0.15) is 0 Å². The van der Waals surface area contributed by atoms with E-state index in [1.807, 2.05) is 0 Å². The SMILES string of the molecule is C[C@]12CC[C@@H]3[C@H](C[C@H](O)C4=CC(=O)CC[C@@]43C)[C@H]1CC[C@H]2C(=O)CO. The van der Waals surface area contributed by atoms with E-state index in [9.17, 15) is 19.8 Å². The molecule has 0 saturated heterocycles. The average molecular weight is 346 g/mol. The molecule has 0 radical (unpaired) electrons. The van der Waals surface area contributed by atoms with Crippen LogP contribution in [0.1, 0.15) is 58.8 Å². The minimum Gasteiger partial charge on any atom is -0.389 e. The molecule has 3 saturated carbocycles. The summed E-state index contributed by atoms with van der Waals surface area (Å²) < 4.78 is 0. The fourth-order valence-corrected chi connectivity index (χ4v) is 7.25. The second kappa shape index (κ2) is 5.75. The molecular formula is C21H30O4. The van der Waals surface area contributed by atoms with Gasteiger partial charge in [0, 0.05) is 12.3 Å². The quantitative estimate of drug-likeness (QED) is 0.806. The lowest BCUT2D eigenvalue weighted by atomic mass is 9.46. The first-order valence-corrected chi connectivity index (χ1v) is 9.88. The predicted molar refractivity (Wildman–Crippen MR) is 93.7 cm³/mol. The lowest BCUT2D eigenvalue weighted by molar-refractivity contribution is -0.134. The highest BCUT2D eigenvalue weighted by Crippen LogP contribution is 2.66. The summed E-state index contributed by atoms with van der Waals surface area (Å²) in [5, 5.41) is 20.2. The molecule has 0 unspecified atom stereocenters. The molecule has 4 nitrogen and oxygen atoms in total. The number of fused-ring (bicyclic) bond motifs is 5. The Morgan fingerprint density at radius 2 is 1.96 bits per heavy atom. The highest BCUT2D eigenvalue weighted by Gasteiger charge is 2.61. The van der Waals surface area contributed by atoms with E-state index in [-0.39, 0.29) is 34.9 Å². The molecule has 0 aromatic heterocycles. The van der Waals surface area contributed by atoms with Crippen LogP contribution >= 0.6 is 0 Å². The van der Waals surface area contributed by atoms with Crippen LogP contribution in [-0.4, -0.2) is 34.5 Å². The van der Waals surface area contributed by atoms with Crippen LogP contribution < -0.4 is 0 Å². The van der Waals surface area contributed by atoms with Crippen molar-refractivity contribution in [3.63, 3.8) is 0 Å². The van der Waals surface area contributed by atoms with E-state index in [0.717, 1.165) is 44.1 Å². The molecule has 4 aliphatic carbocycles. The molecule has 0 bridgehead atoms. The van der Waals surface area contributed by atoms with E-state index in [0.29, 0.717) is 24.2 Å². The highest BCUT2D eigenvalue weighted by atomic mass is 16.3. The number of hydrogen-bond donors (Lipinski definition) is 2. The smallest absolute Gasteiger partial charge is 0.161 e. The Hall–Kier alpha value is -1.00. The Bertz CT molecular complexity index is 638. The minimum atomic E-state index is -0.523. The van der Waals surface area contributed by atoms with E-state index in [4.69, 9.17) is 0 Å². The molecule has 4 aliphatic rings. The number of carbonyl (C=O) groups is 2. The number of hydrogen-bond acceptors (Lipinski definition) is 4. The van der Waals surface area contributed by atoms with Crippen LogP contribution in [0.15, 0.2) is 11.6 Å². The van der Waals surface area contributed by atoms with Gasteiger partial charge in [-0.1, -0.05) is 13.8 Å². The molecule has 0 heterocycles. The number of aliphatic hydroxyl groups excluding tert-OH is 2. The van der Waals surface area contributed by atoms with Crippen molar-refractivity contribution in [2.24, 2.45) is 34.5 Å². The fourth-order valence-electron chi connectivity index (χ4n) is 7.25. The Morgan fingerprint density at radius 1 is 1.20 bits per heavy atom. The molecule has 3 fully saturated rings. The Morgan fingerprint density at radius 3 is 2.68 bits per heavy atom. The third-order valence-corrected chi connectivity index (χ3v) is 8.52. The fraction of sp³-hybridized carbons (Fsp3) is 0.810. The highest BCUT2D eigenvalue weighted by molar-refractivity contribution is 5.92. The Labute approximate surface area is 149 Å². The summed E-state index contributed by atoms with van der Waals surface area (Å²) >= 11 is 0. The van der Waals surface area contributed by atoms with Crippen LogP contribution in [0.3, 0.4) is 0 Å².